The van der Waals surface area contributed by atoms with E-state index in [1.165, 1.54) is 57.3 Å². The van der Waals surface area contributed by atoms with Crippen molar-refractivity contribution in [1.29, 1.82) is 0 Å². The fourth-order valence-corrected chi connectivity index (χ4v) is 3.97. The Labute approximate surface area is 123 Å². The van der Waals surface area contributed by atoms with Crippen LogP contribution in [-0.2, 0) is 0 Å². The highest BCUT2D eigenvalue weighted by Crippen LogP contribution is 2.38. The number of nitrogens with zero attached hydrogens (tertiary/aromatic N) is 1. The molecule has 1 aliphatic heterocycles. The van der Waals surface area contributed by atoms with E-state index in [1.807, 2.05) is 0 Å². The molecule has 3 rings (SSSR count). The van der Waals surface area contributed by atoms with Gasteiger partial charge in [-0.25, -0.2) is 0 Å². The maximum atomic E-state index is 3.72. The first-order valence-electron chi connectivity index (χ1n) is 8.26. The normalized spacial score (nSPS) is 27.4. The molecule has 1 aliphatic carbocycles. The molecule has 2 nitrogen and oxygen atoms in total. The van der Waals surface area contributed by atoms with E-state index >= 15 is 0 Å². The quantitative estimate of drug-likeness (QED) is 0.904. The van der Waals surface area contributed by atoms with Gasteiger partial charge in [0.25, 0.3) is 0 Å². The van der Waals surface area contributed by atoms with E-state index in [2.05, 4.69) is 47.5 Å². The van der Waals surface area contributed by atoms with Crippen LogP contribution < -0.4 is 5.32 Å². The SMILES string of the molecule is CC1(CN2CCCNC(c3ccccc3)C2)CCCC1. The number of rotatable bonds is 3. The highest BCUT2D eigenvalue weighted by atomic mass is 15.2. The van der Waals surface area contributed by atoms with E-state index < -0.39 is 0 Å². The molecule has 1 heterocycles. The zero-order valence-electron chi connectivity index (χ0n) is 12.8. The molecule has 0 spiro atoms. The van der Waals surface area contributed by atoms with Crippen LogP contribution in [0.1, 0.15) is 50.6 Å². The topological polar surface area (TPSA) is 15.3 Å². The predicted octanol–water partition coefficient (Wildman–Crippen LogP) is 3.60. The Morgan fingerprint density at radius 3 is 2.65 bits per heavy atom. The fourth-order valence-electron chi connectivity index (χ4n) is 3.97. The van der Waals surface area contributed by atoms with Gasteiger partial charge in [0.15, 0.2) is 0 Å². The Balaban J connectivity index is 1.66. The summed E-state index contributed by atoms with van der Waals surface area (Å²) in [4.78, 5) is 2.71. The maximum absolute atomic E-state index is 3.72. The second-order valence-corrected chi connectivity index (χ2v) is 7.02. The third-order valence-electron chi connectivity index (χ3n) is 5.10. The average molecular weight is 272 g/mol. The number of benzene rings is 1. The molecule has 1 atom stereocenters. The summed E-state index contributed by atoms with van der Waals surface area (Å²) in [7, 11) is 0. The molecule has 2 fully saturated rings. The van der Waals surface area contributed by atoms with Crippen molar-refractivity contribution in [3.8, 4) is 0 Å². The van der Waals surface area contributed by atoms with E-state index in [0.717, 1.165) is 6.54 Å². The van der Waals surface area contributed by atoms with Crippen molar-refractivity contribution in [2.45, 2.75) is 45.1 Å². The van der Waals surface area contributed by atoms with Crippen LogP contribution >= 0.6 is 0 Å². The summed E-state index contributed by atoms with van der Waals surface area (Å²) in [6.45, 7) is 7.35. The first kappa shape index (κ1) is 14.1. The van der Waals surface area contributed by atoms with Crippen LogP contribution in [0.5, 0.6) is 0 Å². The van der Waals surface area contributed by atoms with Crippen LogP contribution in [0.3, 0.4) is 0 Å². The molecule has 0 amide bonds. The van der Waals surface area contributed by atoms with Gasteiger partial charge in [-0.1, -0.05) is 50.1 Å². The molecular formula is C18H28N2. The van der Waals surface area contributed by atoms with Crippen molar-refractivity contribution in [2.24, 2.45) is 5.41 Å². The number of hydrogen-bond acceptors (Lipinski definition) is 2. The molecule has 1 unspecified atom stereocenters. The van der Waals surface area contributed by atoms with Gasteiger partial charge in [-0.2, -0.15) is 0 Å². The van der Waals surface area contributed by atoms with Crippen LogP contribution in [0.4, 0.5) is 0 Å². The van der Waals surface area contributed by atoms with E-state index in [-0.39, 0.29) is 0 Å². The Morgan fingerprint density at radius 1 is 1.15 bits per heavy atom. The minimum Gasteiger partial charge on any atom is -0.309 e. The van der Waals surface area contributed by atoms with Crippen LogP contribution in [0.2, 0.25) is 0 Å². The number of nitrogens with one attached hydrogen (secondary N) is 1. The van der Waals surface area contributed by atoms with Gasteiger partial charge in [0, 0.05) is 19.1 Å². The van der Waals surface area contributed by atoms with Gasteiger partial charge in [0.2, 0.25) is 0 Å². The second kappa shape index (κ2) is 6.28. The molecule has 20 heavy (non-hydrogen) atoms. The third kappa shape index (κ3) is 3.42. The molecule has 1 aromatic carbocycles. The molecule has 1 saturated carbocycles. The first-order chi connectivity index (χ1) is 9.75. The van der Waals surface area contributed by atoms with Gasteiger partial charge in [0.05, 0.1) is 0 Å². The van der Waals surface area contributed by atoms with E-state index in [1.54, 1.807) is 0 Å². The summed E-state index contributed by atoms with van der Waals surface area (Å²) in [6, 6.07) is 11.5. The largest absolute Gasteiger partial charge is 0.309 e. The lowest BCUT2D eigenvalue weighted by Gasteiger charge is -2.33. The average Bonchev–Trinajstić information content (AvgIpc) is 2.75. The Bertz CT molecular complexity index is 409. The lowest BCUT2D eigenvalue weighted by Crippen LogP contribution is -2.38. The molecule has 2 aliphatic rings. The van der Waals surface area contributed by atoms with Gasteiger partial charge < -0.3 is 10.2 Å². The van der Waals surface area contributed by atoms with Gasteiger partial charge >= 0.3 is 0 Å². The van der Waals surface area contributed by atoms with Crippen molar-refractivity contribution in [1.82, 2.24) is 10.2 Å². The van der Waals surface area contributed by atoms with E-state index in [9.17, 15) is 0 Å². The second-order valence-electron chi connectivity index (χ2n) is 7.02. The summed E-state index contributed by atoms with van der Waals surface area (Å²) < 4.78 is 0. The van der Waals surface area contributed by atoms with Gasteiger partial charge in [-0.05, 0) is 43.3 Å². The van der Waals surface area contributed by atoms with E-state index in [0.29, 0.717) is 11.5 Å². The van der Waals surface area contributed by atoms with Crippen LogP contribution in [0.25, 0.3) is 0 Å². The summed E-state index contributed by atoms with van der Waals surface area (Å²) in [5.74, 6) is 0. The number of hydrogen-bond donors (Lipinski definition) is 1. The maximum Gasteiger partial charge on any atom is 0.0449 e. The Kier molecular flexibility index (Phi) is 4.42. The van der Waals surface area contributed by atoms with Gasteiger partial charge in [-0.3, -0.25) is 0 Å². The van der Waals surface area contributed by atoms with Gasteiger partial charge in [0.1, 0.15) is 0 Å². The highest BCUT2D eigenvalue weighted by Gasteiger charge is 2.32. The monoisotopic (exact) mass is 272 g/mol. The molecule has 0 radical (unpaired) electrons. The first-order valence-corrected chi connectivity index (χ1v) is 8.26. The van der Waals surface area contributed by atoms with Crippen molar-refractivity contribution in [3.63, 3.8) is 0 Å². The summed E-state index contributed by atoms with van der Waals surface area (Å²) in [5.41, 5.74) is 2.02. The molecule has 1 aromatic rings. The summed E-state index contributed by atoms with van der Waals surface area (Å²) >= 11 is 0. The Morgan fingerprint density at radius 2 is 1.90 bits per heavy atom. The molecule has 1 saturated heterocycles. The summed E-state index contributed by atoms with van der Waals surface area (Å²) in [6.07, 6.45) is 6.99. The van der Waals surface area contributed by atoms with E-state index in [4.69, 9.17) is 0 Å². The molecular weight excluding hydrogens is 244 g/mol. The smallest absolute Gasteiger partial charge is 0.0449 e. The van der Waals surface area contributed by atoms with Gasteiger partial charge in [-0.15, -0.1) is 0 Å². The molecule has 110 valence electrons. The molecule has 0 aromatic heterocycles. The van der Waals surface area contributed by atoms with Crippen molar-refractivity contribution in [2.75, 3.05) is 26.2 Å². The van der Waals surface area contributed by atoms with Crippen LogP contribution in [0, 0.1) is 5.41 Å². The standard InChI is InChI=1S/C18H28N2/c1-18(10-5-6-11-18)15-20-13-7-12-19-17(14-20)16-8-3-2-4-9-16/h2-4,8-9,17,19H,5-7,10-15H2,1H3. The molecule has 0 bridgehead atoms. The lowest BCUT2D eigenvalue weighted by atomic mass is 9.88. The minimum absolute atomic E-state index is 0.503. The van der Waals surface area contributed by atoms with Crippen LogP contribution in [-0.4, -0.2) is 31.1 Å². The minimum atomic E-state index is 0.503. The zero-order chi connectivity index (χ0) is 13.8. The fraction of sp³-hybridized carbons (Fsp3) is 0.667. The third-order valence-corrected chi connectivity index (χ3v) is 5.10. The molecule has 2 heteroatoms. The lowest BCUT2D eigenvalue weighted by molar-refractivity contribution is 0.165. The van der Waals surface area contributed by atoms with Crippen LogP contribution in [0.15, 0.2) is 30.3 Å². The summed E-state index contributed by atoms with van der Waals surface area (Å²) in [5, 5.41) is 3.72. The Hall–Kier alpha value is -0.860. The van der Waals surface area contributed by atoms with Crippen molar-refractivity contribution < 1.29 is 0 Å². The highest BCUT2D eigenvalue weighted by molar-refractivity contribution is 5.19. The zero-order valence-corrected chi connectivity index (χ0v) is 12.8. The van der Waals surface area contributed by atoms with Crippen molar-refractivity contribution in [3.05, 3.63) is 35.9 Å². The molecule has 1 N–H and O–H groups in total. The predicted molar refractivity (Wildman–Crippen MR) is 84.8 cm³/mol. The van der Waals surface area contributed by atoms with Crippen molar-refractivity contribution >= 4 is 0 Å².